The topological polar surface area (TPSA) is 66.4 Å². The summed E-state index contributed by atoms with van der Waals surface area (Å²) in [5, 5.41) is 10.2. The van der Waals surface area contributed by atoms with Gasteiger partial charge in [0.1, 0.15) is 4.88 Å². The summed E-state index contributed by atoms with van der Waals surface area (Å²) in [5.41, 5.74) is 0. The number of carboxylic acid groups (broad SMARTS) is 1. The lowest BCUT2D eigenvalue weighted by atomic mass is 10.4. The number of halogens is 3. The predicted octanol–water partition coefficient (Wildman–Crippen LogP) is 1.62. The summed E-state index contributed by atoms with van der Waals surface area (Å²) in [4.78, 5) is 21.2. The van der Waals surface area contributed by atoms with Crippen molar-refractivity contribution < 1.29 is 27.9 Å². The maximum absolute atomic E-state index is 11.8. The van der Waals surface area contributed by atoms with Crippen LogP contribution in [0.3, 0.4) is 0 Å². The number of rotatable bonds is 3. The van der Waals surface area contributed by atoms with Gasteiger partial charge in [-0.1, -0.05) is 0 Å². The number of carboxylic acids is 1. The predicted molar refractivity (Wildman–Crippen MR) is 49.2 cm³/mol. The summed E-state index contributed by atoms with van der Waals surface area (Å²) in [6, 6.07) is 2.62. The highest BCUT2D eigenvalue weighted by atomic mass is 32.1. The van der Waals surface area contributed by atoms with Gasteiger partial charge in [0.15, 0.2) is 0 Å². The van der Waals surface area contributed by atoms with Gasteiger partial charge >= 0.3 is 18.1 Å². The van der Waals surface area contributed by atoms with E-state index in [-0.39, 0.29) is 11.4 Å². The molecule has 0 saturated heterocycles. The summed E-state index contributed by atoms with van der Waals surface area (Å²) in [5.74, 6) is -3.20. The van der Waals surface area contributed by atoms with Gasteiger partial charge in [0.25, 0.3) is 0 Å². The fourth-order valence-electron chi connectivity index (χ4n) is 0.855. The third kappa shape index (κ3) is 3.23. The molecule has 1 aromatic rings. The minimum Gasteiger partial charge on any atom is -0.477 e. The van der Waals surface area contributed by atoms with Crippen LogP contribution in [0.5, 0.6) is 0 Å². The number of carbonyl (C=O) groups is 2. The molecule has 0 unspecified atom stereocenters. The van der Waals surface area contributed by atoms with Crippen LogP contribution >= 0.6 is 11.3 Å². The zero-order chi connectivity index (χ0) is 12.3. The number of carbonyl (C=O) groups excluding carboxylic acids is 1. The van der Waals surface area contributed by atoms with Gasteiger partial charge in [0.2, 0.25) is 0 Å². The number of hydrogen-bond donors (Lipinski definition) is 2. The normalized spacial score (nSPS) is 11.2. The van der Waals surface area contributed by atoms with Gasteiger partial charge in [0, 0.05) is 4.88 Å². The van der Waals surface area contributed by atoms with E-state index in [1.54, 1.807) is 5.32 Å². The van der Waals surface area contributed by atoms with Crippen molar-refractivity contribution in [1.29, 1.82) is 0 Å². The van der Waals surface area contributed by atoms with Crippen LogP contribution < -0.4 is 5.32 Å². The molecule has 0 bridgehead atoms. The Hall–Kier alpha value is -1.57. The van der Waals surface area contributed by atoms with Crippen molar-refractivity contribution in [1.82, 2.24) is 5.32 Å². The molecule has 8 heteroatoms. The molecule has 0 radical (unpaired) electrons. The quantitative estimate of drug-likeness (QED) is 0.860. The summed E-state index contributed by atoms with van der Waals surface area (Å²) >= 11 is 0.812. The average molecular weight is 253 g/mol. The highest BCUT2D eigenvalue weighted by Gasteiger charge is 2.38. The Morgan fingerprint density at radius 3 is 2.44 bits per heavy atom. The van der Waals surface area contributed by atoms with Gasteiger partial charge in [-0.15, -0.1) is 11.3 Å². The number of amides is 1. The third-order valence-electron chi connectivity index (χ3n) is 1.55. The third-order valence-corrected chi connectivity index (χ3v) is 2.63. The average Bonchev–Trinajstić information content (AvgIpc) is 2.60. The highest BCUT2D eigenvalue weighted by Crippen LogP contribution is 2.18. The Morgan fingerprint density at radius 2 is 2.00 bits per heavy atom. The summed E-state index contributed by atoms with van der Waals surface area (Å²) in [7, 11) is 0. The van der Waals surface area contributed by atoms with E-state index in [0.717, 1.165) is 11.3 Å². The smallest absolute Gasteiger partial charge is 0.471 e. The molecule has 1 aromatic heterocycles. The van der Waals surface area contributed by atoms with Crippen molar-refractivity contribution in [2.75, 3.05) is 0 Å². The molecule has 0 atom stereocenters. The molecule has 0 spiro atoms. The van der Waals surface area contributed by atoms with Crippen LogP contribution in [-0.2, 0) is 11.3 Å². The van der Waals surface area contributed by atoms with Gasteiger partial charge in [-0.05, 0) is 12.1 Å². The largest absolute Gasteiger partial charge is 0.477 e. The summed E-state index contributed by atoms with van der Waals surface area (Å²) in [6.07, 6.45) is -4.92. The van der Waals surface area contributed by atoms with Crippen molar-refractivity contribution in [3.63, 3.8) is 0 Å². The first-order valence-electron chi connectivity index (χ1n) is 3.97. The summed E-state index contributed by atoms with van der Waals surface area (Å²) < 4.78 is 35.3. The molecule has 0 aliphatic heterocycles. The van der Waals surface area contributed by atoms with Crippen LogP contribution in [0, 0.1) is 0 Å². The molecule has 2 N–H and O–H groups in total. The first kappa shape index (κ1) is 12.5. The molecule has 1 rings (SSSR count). The molecule has 16 heavy (non-hydrogen) atoms. The lowest BCUT2D eigenvalue weighted by molar-refractivity contribution is -0.173. The maximum atomic E-state index is 11.8. The zero-order valence-electron chi connectivity index (χ0n) is 7.67. The van der Waals surface area contributed by atoms with Crippen LogP contribution in [0.25, 0.3) is 0 Å². The summed E-state index contributed by atoms with van der Waals surface area (Å²) in [6.45, 7) is -0.337. The number of thiophene rings is 1. The Morgan fingerprint density at radius 1 is 1.38 bits per heavy atom. The van der Waals surface area contributed by atoms with E-state index in [0.29, 0.717) is 4.88 Å². The minimum atomic E-state index is -4.92. The van der Waals surface area contributed by atoms with Crippen LogP contribution in [-0.4, -0.2) is 23.2 Å². The molecule has 4 nitrogen and oxygen atoms in total. The van der Waals surface area contributed by atoms with Crippen molar-refractivity contribution in [3.05, 3.63) is 21.9 Å². The van der Waals surface area contributed by atoms with E-state index in [4.69, 9.17) is 5.11 Å². The van der Waals surface area contributed by atoms with Crippen LogP contribution in [0.2, 0.25) is 0 Å². The fraction of sp³-hybridized carbons (Fsp3) is 0.250. The number of nitrogens with one attached hydrogen (secondary N) is 1. The van der Waals surface area contributed by atoms with E-state index >= 15 is 0 Å². The molecular formula is C8H6F3NO3S. The van der Waals surface area contributed by atoms with E-state index < -0.39 is 18.1 Å². The Labute approximate surface area is 91.7 Å². The van der Waals surface area contributed by atoms with E-state index in [9.17, 15) is 22.8 Å². The lowest BCUT2D eigenvalue weighted by Gasteiger charge is -2.05. The van der Waals surface area contributed by atoms with E-state index in [2.05, 4.69) is 0 Å². The van der Waals surface area contributed by atoms with Gasteiger partial charge < -0.3 is 10.4 Å². The Bertz CT molecular complexity index is 413. The molecular weight excluding hydrogens is 247 g/mol. The number of alkyl halides is 3. The molecule has 0 aliphatic carbocycles. The van der Waals surface area contributed by atoms with Crippen LogP contribution in [0.4, 0.5) is 13.2 Å². The van der Waals surface area contributed by atoms with Crippen LogP contribution in [0.1, 0.15) is 14.5 Å². The second-order valence-corrected chi connectivity index (χ2v) is 3.92. The first-order valence-corrected chi connectivity index (χ1v) is 4.79. The molecule has 88 valence electrons. The van der Waals surface area contributed by atoms with Crippen molar-refractivity contribution in [3.8, 4) is 0 Å². The monoisotopic (exact) mass is 253 g/mol. The molecule has 0 saturated carbocycles. The molecule has 0 aliphatic rings. The molecule has 1 amide bonds. The number of hydrogen-bond acceptors (Lipinski definition) is 3. The second-order valence-electron chi connectivity index (χ2n) is 2.75. The van der Waals surface area contributed by atoms with Gasteiger partial charge in [-0.25, -0.2) is 4.79 Å². The second kappa shape index (κ2) is 4.52. The zero-order valence-corrected chi connectivity index (χ0v) is 8.48. The van der Waals surface area contributed by atoms with E-state index in [1.165, 1.54) is 12.1 Å². The van der Waals surface area contributed by atoms with Crippen molar-refractivity contribution in [2.24, 2.45) is 0 Å². The standard InChI is InChI=1S/C8H6F3NO3S/c9-8(10,11)7(15)12-3-4-1-2-5(16-4)6(13)14/h1-2H,3H2,(H,12,15)(H,13,14). The van der Waals surface area contributed by atoms with Gasteiger partial charge in [-0.3, -0.25) is 4.79 Å². The van der Waals surface area contributed by atoms with Crippen molar-refractivity contribution >= 4 is 23.2 Å². The van der Waals surface area contributed by atoms with E-state index in [1.807, 2.05) is 0 Å². The van der Waals surface area contributed by atoms with Crippen molar-refractivity contribution in [2.45, 2.75) is 12.7 Å². The lowest BCUT2D eigenvalue weighted by Crippen LogP contribution is -2.36. The fourth-order valence-corrected chi connectivity index (χ4v) is 1.64. The van der Waals surface area contributed by atoms with Gasteiger partial charge in [0.05, 0.1) is 6.54 Å². The molecule has 0 fully saturated rings. The Balaban J connectivity index is 2.55. The number of aromatic carboxylic acids is 1. The van der Waals surface area contributed by atoms with Crippen LogP contribution in [0.15, 0.2) is 12.1 Å². The SMILES string of the molecule is O=C(O)c1ccc(CNC(=O)C(F)(F)F)s1. The Kier molecular flexibility index (Phi) is 3.53. The minimum absolute atomic E-state index is 0.0104. The van der Waals surface area contributed by atoms with Gasteiger partial charge in [-0.2, -0.15) is 13.2 Å². The highest BCUT2D eigenvalue weighted by molar-refractivity contribution is 7.13. The molecule has 1 heterocycles. The molecule has 0 aromatic carbocycles. The maximum Gasteiger partial charge on any atom is 0.471 e. The first-order chi connectivity index (χ1) is 7.30.